The van der Waals surface area contributed by atoms with E-state index in [9.17, 15) is 0 Å². The van der Waals surface area contributed by atoms with Crippen LogP contribution in [0.3, 0.4) is 0 Å². The standard InChI is InChI=1S/C20H30N6O/c1-3-21-20(22-10-6-7-11-25-15-23-24-16-25)26-12-13-27-19(14-26)18-9-5-4-8-17(18)2/h4-5,8-9,15-16,19H,3,6-7,10-14H2,1-2H3,(H,21,22). The van der Waals surface area contributed by atoms with Gasteiger partial charge in [0, 0.05) is 26.2 Å². The smallest absolute Gasteiger partial charge is 0.194 e. The molecule has 1 aromatic heterocycles. The van der Waals surface area contributed by atoms with Crippen LogP contribution in [0.4, 0.5) is 0 Å². The monoisotopic (exact) mass is 370 g/mol. The number of guanidine groups is 1. The maximum atomic E-state index is 6.05. The molecule has 2 heterocycles. The van der Waals surface area contributed by atoms with Gasteiger partial charge in [0.25, 0.3) is 0 Å². The lowest BCUT2D eigenvalue weighted by Gasteiger charge is -2.35. The number of nitrogens with zero attached hydrogens (tertiary/aromatic N) is 5. The summed E-state index contributed by atoms with van der Waals surface area (Å²) in [7, 11) is 0. The Balaban J connectivity index is 1.55. The Morgan fingerprint density at radius 2 is 2.07 bits per heavy atom. The highest BCUT2D eigenvalue weighted by molar-refractivity contribution is 5.80. The van der Waals surface area contributed by atoms with Crippen molar-refractivity contribution >= 4 is 5.96 Å². The molecule has 1 fully saturated rings. The highest BCUT2D eigenvalue weighted by Gasteiger charge is 2.25. The number of ether oxygens (including phenoxy) is 1. The van der Waals surface area contributed by atoms with Gasteiger partial charge in [0.1, 0.15) is 18.8 Å². The van der Waals surface area contributed by atoms with E-state index in [-0.39, 0.29) is 6.10 Å². The van der Waals surface area contributed by atoms with Crippen LogP contribution in [-0.2, 0) is 11.3 Å². The first kappa shape index (κ1) is 19.4. The second kappa shape index (κ2) is 10.1. The van der Waals surface area contributed by atoms with E-state index in [4.69, 9.17) is 9.73 Å². The van der Waals surface area contributed by atoms with E-state index < -0.39 is 0 Å². The molecular weight excluding hydrogens is 340 g/mol. The summed E-state index contributed by atoms with van der Waals surface area (Å²) in [5.74, 6) is 0.990. The Morgan fingerprint density at radius 1 is 1.26 bits per heavy atom. The van der Waals surface area contributed by atoms with E-state index in [0.29, 0.717) is 0 Å². The molecule has 0 saturated carbocycles. The quantitative estimate of drug-likeness (QED) is 0.461. The van der Waals surface area contributed by atoms with E-state index in [1.54, 1.807) is 12.7 Å². The van der Waals surface area contributed by atoms with Gasteiger partial charge >= 0.3 is 0 Å². The molecule has 1 N–H and O–H groups in total. The van der Waals surface area contributed by atoms with Crippen LogP contribution >= 0.6 is 0 Å². The molecule has 3 rings (SSSR count). The van der Waals surface area contributed by atoms with Crippen molar-refractivity contribution in [2.24, 2.45) is 4.99 Å². The SMILES string of the molecule is CCNC(=NCCCCn1cnnc1)N1CCOC(c2ccccc2C)C1. The molecule has 0 amide bonds. The van der Waals surface area contributed by atoms with Crippen molar-refractivity contribution in [1.29, 1.82) is 0 Å². The molecule has 1 aliphatic heterocycles. The molecule has 0 spiro atoms. The molecule has 0 bridgehead atoms. The van der Waals surface area contributed by atoms with Crippen molar-refractivity contribution < 1.29 is 4.74 Å². The normalized spacial score (nSPS) is 17.9. The van der Waals surface area contributed by atoms with E-state index in [0.717, 1.165) is 58.1 Å². The first-order valence-corrected chi connectivity index (χ1v) is 9.80. The topological polar surface area (TPSA) is 67.6 Å². The molecule has 1 saturated heterocycles. The summed E-state index contributed by atoms with van der Waals surface area (Å²) >= 11 is 0. The Labute approximate surface area is 161 Å². The molecular formula is C20H30N6O. The van der Waals surface area contributed by atoms with Gasteiger partial charge in [0.15, 0.2) is 5.96 Å². The van der Waals surface area contributed by atoms with Crippen molar-refractivity contribution in [3.8, 4) is 0 Å². The van der Waals surface area contributed by atoms with Crippen molar-refractivity contribution in [3.63, 3.8) is 0 Å². The third kappa shape index (κ3) is 5.53. The zero-order chi connectivity index (χ0) is 18.9. The fourth-order valence-corrected chi connectivity index (χ4v) is 3.33. The summed E-state index contributed by atoms with van der Waals surface area (Å²) in [6.45, 7) is 9.30. The Kier molecular flexibility index (Phi) is 7.21. The van der Waals surface area contributed by atoms with Crippen LogP contribution in [0, 0.1) is 6.92 Å². The molecule has 0 radical (unpaired) electrons. The van der Waals surface area contributed by atoms with Crippen molar-refractivity contribution in [3.05, 3.63) is 48.0 Å². The molecule has 1 unspecified atom stereocenters. The molecule has 146 valence electrons. The lowest BCUT2D eigenvalue weighted by Crippen LogP contribution is -2.48. The maximum Gasteiger partial charge on any atom is 0.194 e. The fraction of sp³-hybridized carbons (Fsp3) is 0.550. The van der Waals surface area contributed by atoms with E-state index in [2.05, 4.69) is 58.5 Å². The summed E-state index contributed by atoms with van der Waals surface area (Å²) < 4.78 is 8.05. The molecule has 1 aliphatic rings. The number of nitrogens with one attached hydrogen (secondary N) is 1. The number of benzene rings is 1. The van der Waals surface area contributed by atoms with Crippen LogP contribution in [0.25, 0.3) is 0 Å². The van der Waals surface area contributed by atoms with E-state index in [1.807, 2.05) is 4.57 Å². The Hall–Kier alpha value is -2.41. The Morgan fingerprint density at radius 3 is 2.85 bits per heavy atom. The summed E-state index contributed by atoms with van der Waals surface area (Å²) in [5, 5.41) is 11.1. The summed E-state index contributed by atoms with van der Waals surface area (Å²) in [6.07, 6.45) is 5.71. The second-order valence-electron chi connectivity index (χ2n) is 6.80. The minimum absolute atomic E-state index is 0.0950. The van der Waals surface area contributed by atoms with Gasteiger partial charge in [-0.05, 0) is 37.8 Å². The van der Waals surface area contributed by atoms with Crippen molar-refractivity contribution in [2.45, 2.75) is 39.3 Å². The molecule has 1 atom stereocenters. The second-order valence-corrected chi connectivity index (χ2v) is 6.80. The number of aliphatic imine (C=N–C) groups is 1. The molecule has 2 aromatic rings. The molecule has 1 aromatic carbocycles. The number of aromatic nitrogens is 3. The summed E-state index contributed by atoms with van der Waals surface area (Å²) in [5.41, 5.74) is 2.55. The lowest BCUT2D eigenvalue weighted by atomic mass is 10.0. The van der Waals surface area contributed by atoms with Gasteiger partial charge in [-0.3, -0.25) is 4.99 Å². The highest BCUT2D eigenvalue weighted by Crippen LogP contribution is 2.24. The minimum atomic E-state index is 0.0950. The largest absolute Gasteiger partial charge is 0.370 e. The number of hydrogen-bond donors (Lipinski definition) is 1. The van der Waals surface area contributed by atoms with Crippen LogP contribution in [0.5, 0.6) is 0 Å². The van der Waals surface area contributed by atoms with Crippen molar-refractivity contribution in [1.82, 2.24) is 25.0 Å². The highest BCUT2D eigenvalue weighted by atomic mass is 16.5. The number of hydrogen-bond acceptors (Lipinski definition) is 4. The van der Waals surface area contributed by atoms with Crippen molar-refractivity contribution in [2.75, 3.05) is 32.8 Å². The predicted octanol–water partition coefficient (Wildman–Crippen LogP) is 2.41. The van der Waals surface area contributed by atoms with Crippen LogP contribution in [-0.4, -0.2) is 58.4 Å². The van der Waals surface area contributed by atoms with Crippen LogP contribution in [0.2, 0.25) is 0 Å². The minimum Gasteiger partial charge on any atom is -0.370 e. The number of unbranched alkanes of at least 4 members (excludes halogenated alkanes) is 1. The fourth-order valence-electron chi connectivity index (χ4n) is 3.33. The first-order valence-electron chi connectivity index (χ1n) is 9.80. The van der Waals surface area contributed by atoms with Gasteiger partial charge in [-0.15, -0.1) is 10.2 Å². The molecule has 7 heteroatoms. The van der Waals surface area contributed by atoms with Crippen LogP contribution < -0.4 is 5.32 Å². The van der Waals surface area contributed by atoms with Gasteiger partial charge in [-0.25, -0.2) is 0 Å². The molecule has 27 heavy (non-hydrogen) atoms. The zero-order valence-corrected chi connectivity index (χ0v) is 16.3. The maximum absolute atomic E-state index is 6.05. The zero-order valence-electron chi connectivity index (χ0n) is 16.3. The van der Waals surface area contributed by atoms with Gasteiger partial charge < -0.3 is 19.5 Å². The average Bonchev–Trinajstić information content (AvgIpc) is 3.21. The summed E-state index contributed by atoms with van der Waals surface area (Å²) in [4.78, 5) is 7.17. The third-order valence-corrected chi connectivity index (χ3v) is 4.79. The predicted molar refractivity (Wildman–Crippen MR) is 107 cm³/mol. The van der Waals surface area contributed by atoms with Gasteiger partial charge in [0.2, 0.25) is 0 Å². The molecule has 7 nitrogen and oxygen atoms in total. The van der Waals surface area contributed by atoms with Crippen LogP contribution in [0.15, 0.2) is 41.9 Å². The summed E-state index contributed by atoms with van der Waals surface area (Å²) in [6, 6.07) is 8.47. The van der Waals surface area contributed by atoms with Gasteiger partial charge in [-0.1, -0.05) is 24.3 Å². The van der Waals surface area contributed by atoms with Gasteiger partial charge in [-0.2, -0.15) is 0 Å². The average molecular weight is 371 g/mol. The Bertz CT molecular complexity index is 715. The lowest BCUT2D eigenvalue weighted by molar-refractivity contribution is -0.00832. The molecule has 0 aliphatic carbocycles. The number of aryl methyl sites for hydroxylation is 2. The number of rotatable bonds is 7. The number of morpholine rings is 1. The first-order chi connectivity index (χ1) is 13.3. The van der Waals surface area contributed by atoms with E-state index >= 15 is 0 Å². The van der Waals surface area contributed by atoms with Gasteiger partial charge in [0.05, 0.1) is 13.2 Å². The van der Waals surface area contributed by atoms with E-state index in [1.165, 1.54) is 11.1 Å². The third-order valence-electron chi connectivity index (χ3n) is 4.79. The van der Waals surface area contributed by atoms with Crippen LogP contribution in [0.1, 0.15) is 37.0 Å².